The van der Waals surface area contributed by atoms with E-state index in [1.807, 2.05) is 0 Å². The minimum atomic E-state index is -0.895. The highest BCUT2D eigenvalue weighted by Crippen LogP contribution is 2.30. The van der Waals surface area contributed by atoms with E-state index in [1.165, 1.54) is 17.0 Å². The predicted molar refractivity (Wildman–Crippen MR) is 67.9 cm³/mol. The Morgan fingerprint density at radius 2 is 2.16 bits per heavy atom. The number of aromatic nitrogens is 2. The molecule has 0 spiro atoms. The molecule has 1 aromatic heterocycles. The summed E-state index contributed by atoms with van der Waals surface area (Å²) in [6, 6.07) is 2.98. The first-order valence-electron chi connectivity index (χ1n) is 5.94. The molecule has 1 aliphatic heterocycles. The second-order valence-corrected chi connectivity index (χ2v) is 5.32. The van der Waals surface area contributed by atoms with Gasteiger partial charge < -0.3 is 10.0 Å². The molecule has 1 N–H and O–H groups in total. The molecule has 1 unspecified atom stereocenters. The summed E-state index contributed by atoms with van der Waals surface area (Å²) in [7, 11) is 0. The zero-order valence-electron chi connectivity index (χ0n) is 10.5. The lowest BCUT2D eigenvalue weighted by Crippen LogP contribution is -2.48. The number of likely N-dealkylation sites (tertiary alicyclic amines) is 1. The molecule has 1 aromatic rings. The number of rotatable bonds is 2. The molecular weight excluding hydrogens is 270 g/mol. The lowest BCUT2D eigenvalue weighted by molar-refractivity contribution is -0.150. The zero-order chi connectivity index (χ0) is 14.0. The summed E-state index contributed by atoms with van der Waals surface area (Å²) in [6.07, 6.45) is 1.23. The van der Waals surface area contributed by atoms with Gasteiger partial charge in [-0.25, -0.2) is 0 Å². The summed E-state index contributed by atoms with van der Waals surface area (Å²) >= 11 is 5.61. The second kappa shape index (κ2) is 5.13. The molecule has 2 rings (SSSR count). The number of hydrogen-bond acceptors (Lipinski definition) is 4. The van der Waals surface area contributed by atoms with E-state index in [9.17, 15) is 14.7 Å². The van der Waals surface area contributed by atoms with Crippen LogP contribution in [0.1, 0.15) is 30.3 Å². The van der Waals surface area contributed by atoms with Gasteiger partial charge in [0.2, 0.25) is 0 Å². The summed E-state index contributed by atoms with van der Waals surface area (Å²) in [5, 5.41) is 16.8. The average Bonchev–Trinajstić information content (AvgIpc) is 2.39. The smallest absolute Gasteiger partial charge is 0.311 e. The van der Waals surface area contributed by atoms with Crippen LogP contribution in [0.25, 0.3) is 0 Å². The summed E-state index contributed by atoms with van der Waals surface area (Å²) in [4.78, 5) is 25.0. The van der Waals surface area contributed by atoms with E-state index >= 15 is 0 Å². The highest BCUT2D eigenvalue weighted by atomic mass is 35.5. The Morgan fingerprint density at radius 1 is 1.42 bits per heavy atom. The van der Waals surface area contributed by atoms with E-state index in [0.29, 0.717) is 19.4 Å². The summed E-state index contributed by atoms with van der Waals surface area (Å²) in [5.41, 5.74) is -0.715. The van der Waals surface area contributed by atoms with E-state index < -0.39 is 11.4 Å². The third-order valence-electron chi connectivity index (χ3n) is 3.35. The van der Waals surface area contributed by atoms with Gasteiger partial charge in [-0.15, -0.1) is 10.2 Å². The van der Waals surface area contributed by atoms with Crippen LogP contribution in [0, 0.1) is 5.41 Å². The van der Waals surface area contributed by atoms with Crippen molar-refractivity contribution in [2.75, 3.05) is 13.1 Å². The van der Waals surface area contributed by atoms with Crippen molar-refractivity contribution in [3.63, 3.8) is 0 Å². The number of aliphatic carboxylic acids is 1. The number of carboxylic acid groups (broad SMARTS) is 1. The number of carbonyl (C=O) groups excluding carboxylic acids is 1. The topological polar surface area (TPSA) is 83.4 Å². The Kier molecular flexibility index (Phi) is 3.71. The first-order valence-corrected chi connectivity index (χ1v) is 6.32. The second-order valence-electron chi connectivity index (χ2n) is 4.94. The molecule has 0 bridgehead atoms. The maximum Gasteiger partial charge on any atom is 0.311 e. The summed E-state index contributed by atoms with van der Waals surface area (Å²) in [6.45, 7) is 2.37. The Balaban J connectivity index is 2.15. The summed E-state index contributed by atoms with van der Waals surface area (Å²) < 4.78 is 0. The normalized spacial score (nSPS) is 23.2. The number of halogens is 1. The largest absolute Gasteiger partial charge is 0.481 e. The Hall–Kier alpha value is -1.69. The highest BCUT2D eigenvalue weighted by Gasteiger charge is 2.39. The van der Waals surface area contributed by atoms with Gasteiger partial charge in [-0.1, -0.05) is 11.6 Å². The van der Waals surface area contributed by atoms with Crippen molar-refractivity contribution in [2.45, 2.75) is 19.8 Å². The molecule has 1 amide bonds. The Bertz CT molecular complexity index is 505. The maximum atomic E-state index is 12.2. The molecule has 0 aliphatic carbocycles. The van der Waals surface area contributed by atoms with Crippen LogP contribution in [0.3, 0.4) is 0 Å². The van der Waals surface area contributed by atoms with Crippen LogP contribution in [0.15, 0.2) is 12.1 Å². The molecule has 2 heterocycles. The molecule has 1 aliphatic rings. The number of piperidine rings is 1. The fourth-order valence-electron chi connectivity index (χ4n) is 2.18. The third kappa shape index (κ3) is 2.84. The van der Waals surface area contributed by atoms with Gasteiger partial charge in [0.05, 0.1) is 5.41 Å². The molecular formula is C12H14ClN3O3. The van der Waals surface area contributed by atoms with Gasteiger partial charge in [-0.05, 0) is 31.9 Å². The molecule has 19 heavy (non-hydrogen) atoms. The Morgan fingerprint density at radius 3 is 2.74 bits per heavy atom. The van der Waals surface area contributed by atoms with Crippen LogP contribution in [-0.4, -0.2) is 45.2 Å². The predicted octanol–water partition coefficient (Wildman–Crippen LogP) is 1.46. The number of hydrogen-bond donors (Lipinski definition) is 1. The number of carboxylic acids is 1. The van der Waals surface area contributed by atoms with Crippen LogP contribution >= 0.6 is 11.6 Å². The average molecular weight is 284 g/mol. The lowest BCUT2D eigenvalue weighted by Gasteiger charge is -2.37. The first-order chi connectivity index (χ1) is 8.92. The SMILES string of the molecule is CC1(C(=O)O)CCCN(C(=O)c2ccc(Cl)nn2)C1. The van der Waals surface area contributed by atoms with Crippen LogP contribution < -0.4 is 0 Å². The fraction of sp³-hybridized carbons (Fsp3) is 0.500. The minimum Gasteiger partial charge on any atom is -0.481 e. The van der Waals surface area contributed by atoms with E-state index in [0.717, 1.165) is 0 Å². The number of carbonyl (C=O) groups is 2. The van der Waals surface area contributed by atoms with E-state index in [-0.39, 0.29) is 23.3 Å². The quantitative estimate of drug-likeness (QED) is 0.888. The standard InChI is InChI=1S/C12H14ClN3O3/c1-12(11(18)19)5-2-6-16(7-12)10(17)8-3-4-9(13)15-14-8/h3-4H,2,5-7H2,1H3,(H,18,19). The molecule has 0 aromatic carbocycles. The molecule has 7 heteroatoms. The van der Waals surface area contributed by atoms with Crippen molar-refractivity contribution in [2.24, 2.45) is 5.41 Å². The number of amides is 1. The molecule has 0 saturated carbocycles. The van der Waals surface area contributed by atoms with Crippen molar-refractivity contribution in [3.05, 3.63) is 23.0 Å². The fourth-order valence-corrected chi connectivity index (χ4v) is 2.28. The van der Waals surface area contributed by atoms with Crippen molar-refractivity contribution < 1.29 is 14.7 Å². The van der Waals surface area contributed by atoms with Crippen molar-refractivity contribution in [1.82, 2.24) is 15.1 Å². The highest BCUT2D eigenvalue weighted by molar-refractivity contribution is 6.29. The zero-order valence-corrected chi connectivity index (χ0v) is 11.2. The van der Waals surface area contributed by atoms with Gasteiger partial charge in [0, 0.05) is 13.1 Å². The van der Waals surface area contributed by atoms with Crippen LogP contribution in [0.5, 0.6) is 0 Å². The molecule has 1 fully saturated rings. The van der Waals surface area contributed by atoms with Crippen molar-refractivity contribution in [3.8, 4) is 0 Å². The molecule has 102 valence electrons. The molecule has 1 saturated heterocycles. The molecule has 6 nitrogen and oxygen atoms in total. The van der Waals surface area contributed by atoms with Gasteiger partial charge in [-0.2, -0.15) is 0 Å². The van der Waals surface area contributed by atoms with E-state index in [1.54, 1.807) is 6.92 Å². The van der Waals surface area contributed by atoms with Gasteiger partial charge in [0.15, 0.2) is 10.8 Å². The monoisotopic (exact) mass is 283 g/mol. The van der Waals surface area contributed by atoms with Crippen molar-refractivity contribution in [1.29, 1.82) is 0 Å². The Labute approximate surface area is 115 Å². The molecule has 1 atom stereocenters. The van der Waals surface area contributed by atoms with Crippen molar-refractivity contribution >= 4 is 23.5 Å². The minimum absolute atomic E-state index is 0.180. The van der Waals surface area contributed by atoms with Crippen LogP contribution in [0.4, 0.5) is 0 Å². The number of nitrogens with zero attached hydrogens (tertiary/aromatic N) is 3. The van der Waals surface area contributed by atoms with Crippen LogP contribution in [-0.2, 0) is 4.79 Å². The van der Waals surface area contributed by atoms with Gasteiger partial charge in [0.25, 0.3) is 5.91 Å². The lowest BCUT2D eigenvalue weighted by atomic mass is 9.82. The molecule has 0 radical (unpaired) electrons. The van der Waals surface area contributed by atoms with Gasteiger partial charge in [-0.3, -0.25) is 9.59 Å². The first kappa shape index (κ1) is 13.7. The third-order valence-corrected chi connectivity index (χ3v) is 3.55. The van der Waals surface area contributed by atoms with E-state index in [4.69, 9.17) is 11.6 Å². The van der Waals surface area contributed by atoms with Gasteiger partial charge in [0.1, 0.15) is 0 Å². The van der Waals surface area contributed by atoms with E-state index in [2.05, 4.69) is 10.2 Å². The van der Waals surface area contributed by atoms with Crippen LogP contribution in [0.2, 0.25) is 5.15 Å². The van der Waals surface area contributed by atoms with Gasteiger partial charge >= 0.3 is 5.97 Å². The maximum absolute atomic E-state index is 12.2. The summed E-state index contributed by atoms with van der Waals surface area (Å²) in [5.74, 6) is -1.19.